The molecule has 8 heteroatoms. The van der Waals surface area contributed by atoms with Crippen LogP contribution >= 0.6 is 0 Å². The van der Waals surface area contributed by atoms with E-state index in [0.717, 1.165) is 13.1 Å². The molecule has 0 spiro atoms. The average molecular weight is 674 g/mol. The molecular formula is C37H67NO4Si3. The van der Waals surface area contributed by atoms with Crippen LogP contribution in [-0.4, -0.2) is 66.4 Å². The van der Waals surface area contributed by atoms with E-state index in [2.05, 4.69) is 167 Å². The van der Waals surface area contributed by atoms with Gasteiger partial charge in [-0.2, -0.15) is 0 Å². The molecule has 2 aromatic carbocycles. The van der Waals surface area contributed by atoms with Gasteiger partial charge in [-0.15, -0.1) is 0 Å². The quantitative estimate of drug-likeness (QED) is 0.191. The minimum Gasteiger partial charge on any atom is -0.415 e. The highest BCUT2D eigenvalue weighted by molar-refractivity contribution is 6.75. The highest BCUT2D eigenvalue weighted by Gasteiger charge is 2.48. The van der Waals surface area contributed by atoms with Gasteiger partial charge in [-0.05, 0) is 65.5 Å². The first-order valence-electron chi connectivity index (χ1n) is 16.8. The lowest BCUT2D eigenvalue weighted by Crippen LogP contribution is -2.61. The molecule has 0 bridgehead atoms. The normalized spacial score (nSPS) is 16.1. The number of benzene rings is 2. The molecule has 2 aromatic rings. The van der Waals surface area contributed by atoms with E-state index in [-0.39, 0.29) is 33.9 Å². The van der Waals surface area contributed by atoms with Crippen molar-refractivity contribution in [2.75, 3.05) is 13.2 Å². The van der Waals surface area contributed by atoms with Gasteiger partial charge in [-0.25, -0.2) is 0 Å². The molecule has 0 heterocycles. The Hall–Kier alpha value is -1.11. The van der Waals surface area contributed by atoms with Gasteiger partial charge in [-0.1, -0.05) is 123 Å². The van der Waals surface area contributed by atoms with E-state index in [1.54, 1.807) is 0 Å². The lowest BCUT2D eigenvalue weighted by molar-refractivity contribution is -0.0617. The van der Waals surface area contributed by atoms with Crippen LogP contribution in [0.2, 0.25) is 54.4 Å². The van der Waals surface area contributed by atoms with E-state index in [0.29, 0.717) is 6.61 Å². The van der Waals surface area contributed by atoms with Gasteiger partial charge in [0.15, 0.2) is 25.0 Å². The van der Waals surface area contributed by atoms with Crippen LogP contribution in [0.15, 0.2) is 60.7 Å². The molecule has 3 atom stereocenters. The second-order valence-corrected chi connectivity index (χ2v) is 31.8. The number of hydrogen-bond acceptors (Lipinski definition) is 5. The molecular weight excluding hydrogens is 607 g/mol. The Balaban J connectivity index is 2.81. The predicted molar refractivity (Wildman–Crippen MR) is 200 cm³/mol. The summed E-state index contributed by atoms with van der Waals surface area (Å²) in [4.78, 5) is 2.52. The van der Waals surface area contributed by atoms with Crippen LogP contribution in [0.5, 0.6) is 0 Å². The van der Waals surface area contributed by atoms with E-state index >= 15 is 0 Å². The highest BCUT2D eigenvalue weighted by Crippen LogP contribution is 2.42. The lowest BCUT2D eigenvalue weighted by atomic mass is 10.0. The summed E-state index contributed by atoms with van der Waals surface area (Å²) in [5.74, 6) is 0. The van der Waals surface area contributed by atoms with Gasteiger partial charge in [0.1, 0.15) is 0 Å². The van der Waals surface area contributed by atoms with Gasteiger partial charge in [0.25, 0.3) is 0 Å². The largest absolute Gasteiger partial charge is 0.415 e. The highest BCUT2D eigenvalue weighted by atomic mass is 28.4. The summed E-state index contributed by atoms with van der Waals surface area (Å²) in [5, 5.41) is 11.2. The molecule has 0 unspecified atom stereocenters. The summed E-state index contributed by atoms with van der Waals surface area (Å²) in [7, 11) is -6.71. The van der Waals surface area contributed by atoms with Crippen LogP contribution in [0.25, 0.3) is 0 Å². The minimum absolute atomic E-state index is 0.0111. The molecule has 0 amide bonds. The van der Waals surface area contributed by atoms with Gasteiger partial charge >= 0.3 is 0 Å². The first-order chi connectivity index (χ1) is 20.4. The summed E-state index contributed by atoms with van der Waals surface area (Å²) in [6.07, 6.45) is -0.871. The van der Waals surface area contributed by atoms with Gasteiger partial charge in [0, 0.05) is 13.1 Å². The molecule has 0 aromatic heterocycles. The fraction of sp³-hybridized carbons (Fsp3) is 0.676. The zero-order valence-electron chi connectivity index (χ0n) is 31.5. The lowest BCUT2D eigenvalue weighted by Gasteiger charge is -2.49. The zero-order chi connectivity index (χ0) is 34.5. The van der Waals surface area contributed by atoms with Crippen LogP contribution in [0.1, 0.15) is 73.4 Å². The van der Waals surface area contributed by atoms with Crippen molar-refractivity contribution in [3.05, 3.63) is 71.8 Å². The van der Waals surface area contributed by atoms with Crippen LogP contribution in [0, 0.1) is 0 Å². The van der Waals surface area contributed by atoms with Crippen molar-refractivity contribution in [3.8, 4) is 0 Å². The minimum atomic E-state index is -2.32. The van der Waals surface area contributed by atoms with Crippen molar-refractivity contribution in [2.45, 2.75) is 148 Å². The van der Waals surface area contributed by atoms with E-state index in [4.69, 9.17) is 13.3 Å². The van der Waals surface area contributed by atoms with Crippen molar-refractivity contribution in [3.63, 3.8) is 0 Å². The maximum Gasteiger partial charge on any atom is 0.192 e. The van der Waals surface area contributed by atoms with Crippen LogP contribution < -0.4 is 0 Å². The van der Waals surface area contributed by atoms with Gasteiger partial charge < -0.3 is 18.4 Å². The van der Waals surface area contributed by atoms with E-state index in [9.17, 15) is 5.11 Å². The number of aliphatic hydroxyl groups excluding tert-OH is 1. The smallest absolute Gasteiger partial charge is 0.192 e. The maximum atomic E-state index is 11.2. The third-order valence-corrected chi connectivity index (χ3v) is 24.2. The molecule has 45 heavy (non-hydrogen) atoms. The fourth-order valence-corrected chi connectivity index (χ4v) is 8.21. The maximum absolute atomic E-state index is 11.2. The SMILES string of the molecule is CC(C)(C)[Si](C)(C)OC[C@@H]([C@H](O[Si](C)(C)C(C)(C)C)[C@@H](CO)O[Si](C)(C)C(C)(C)C)N(Cc1ccccc1)Cc1ccccc1. The third-order valence-electron chi connectivity index (χ3n) is 10.8. The van der Waals surface area contributed by atoms with Crippen molar-refractivity contribution in [1.82, 2.24) is 4.90 Å². The summed E-state index contributed by atoms with van der Waals surface area (Å²) < 4.78 is 21.7. The number of rotatable bonds is 15. The van der Waals surface area contributed by atoms with E-state index < -0.39 is 31.1 Å². The van der Waals surface area contributed by atoms with E-state index in [1.807, 2.05) is 0 Å². The Morgan fingerprint density at radius 1 is 0.600 bits per heavy atom. The first-order valence-corrected chi connectivity index (χ1v) is 25.6. The van der Waals surface area contributed by atoms with Crippen molar-refractivity contribution < 1.29 is 18.4 Å². The first kappa shape index (κ1) is 40.1. The molecule has 0 radical (unpaired) electrons. The van der Waals surface area contributed by atoms with E-state index in [1.165, 1.54) is 11.1 Å². The molecule has 5 nitrogen and oxygen atoms in total. The molecule has 0 aliphatic carbocycles. The van der Waals surface area contributed by atoms with Gasteiger partial charge in [0.05, 0.1) is 31.5 Å². The Morgan fingerprint density at radius 3 is 1.33 bits per heavy atom. The van der Waals surface area contributed by atoms with Gasteiger partial charge in [-0.3, -0.25) is 4.90 Å². The number of aliphatic hydroxyl groups is 1. The Kier molecular flexibility index (Phi) is 13.7. The van der Waals surface area contributed by atoms with Crippen LogP contribution in [-0.2, 0) is 26.4 Å². The Labute approximate surface area is 280 Å². The topological polar surface area (TPSA) is 51.2 Å². The summed E-state index contributed by atoms with van der Waals surface area (Å²) in [6.45, 7) is 36.2. The molecule has 0 saturated heterocycles. The monoisotopic (exact) mass is 673 g/mol. The van der Waals surface area contributed by atoms with Crippen LogP contribution in [0.4, 0.5) is 0 Å². The molecule has 256 valence electrons. The number of hydrogen-bond donors (Lipinski definition) is 1. The second kappa shape index (κ2) is 15.4. The van der Waals surface area contributed by atoms with Crippen molar-refractivity contribution in [1.29, 1.82) is 0 Å². The molecule has 0 fully saturated rings. The molecule has 0 saturated carbocycles. The third kappa shape index (κ3) is 11.2. The molecule has 0 aliphatic rings. The molecule has 2 rings (SSSR count). The standard InChI is InChI=1S/C37H67NO4Si3/c1-35(2,3)43(10,11)40-29-32(38(26-30-22-18-16-19-23-30)27-31-24-20-17-21-25-31)34(42-45(14,15)37(7,8)9)33(28-39)41-44(12,13)36(4,5)6/h16-25,32-34,39H,26-29H2,1-15H3/t32-,33+,34-/m0/s1. The zero-order valence-corrected chi connectivity index (χ0v) is 34.5. The summed E-state index contributed by atoms with van der Waals surface area (Å²) >= 11 is 0. The number of nitrogens with zero attached hydrogens (tertiary/aromatic N) is 1. The van der Waals surface area contributed by atoms with Gasteiger partial charge in [0.2, 0.25) is 0 Å². The molecule has 1 N–H and O–H groups in total. The Morgan fingerprint density at radius 2 is 0.978 bits per heavy atom. The second-order valence-electron chi connectivity index (χ2n) is 17.5. The predicted octanol–water partition coefficient (Wildman–Crippen LogP) is 9.85. The fourth-order valence-electron chi connectivity index (χ4n) is 4.53. The summed E-state index contributed by atoms with van der Waals surface area (Å²) in [6, 6.07) is 21.2. The van der Waals surface area contributed by atoms with Crippen LogP contribution in [0.3, 0.4) is 0 Å². The average Bonchev–Trinajstić information content (AvgIpc) is 2.90. The Bertz CT molecular complexity index is 1110. The summed E-state index contributed by atoms with van der Waals surface area (Å²) in [5.41, 5.74) is 2.48. The van der Waals surface area contributed by atoms with Crippen molar-refractivity contribution in [2.24, 2.45) is 0 Å². The van der Waals surface area contributed by atoms with Crippen molar-refractivity contribution >= 4 is 25.0 Å². The molecule has 0 aliphatic heterocycles.